The van der Waals surface area contributed by atoms with E-state index in [0.717, 1.165) is 18.5 Å². The first-order chi connectivity index (χ1) is 9.99. The molecule has 1 atom stereocenters. The van der Waals surface area contributed by atoms with E-state index < -0.39 is 4.92 Å². The second-order valence-corrected chi connectivity index (χ2v) is 6.33. The van der Waals surface area contributed by atoms with Crippen LogP contribution in [0.5, 0.6) is 0 Å². The zero-order valence-corrected chi connectivity index (χ0v) is 13.0. The van der Waals surface area contributed by atoms with Gasteiger partial charge in [0.05, 0.1) is 10.7 Å². The van der Waals surface area contributed by atoms with Gasteiger partial charge >= 0.3 is 0 Å². The Labute approximate surface area is 128 Å². The van der Waals surface area contributed by atoms with E-state index in [9.17, 15) is 14.9 Å². The Morgan fingerprint density at radius 2 is 2.24 bits per heavy atom. The van der Waals surface area contributed by atoms with Crippen LogP contribution in [0, 0.1) is 10.1 Å². The van der Waals surface area contributed by atoms with Crippen molar-refractivity contribution in [2.24, 2.45) is 0 Å². The summed E-state index contributed by atoms with van der Waals surface area (Å²) < 4.78 is 0. The number of benzene rings is 1. The fraction of sp³-hybridized carbons (Fsp3) is 0.500. The van der Waals surface area contributed by atoms with E-state index in [1.54, 1.807) is 12.1 Å². The molecule has 0 saturated carbocycles. The summed E-state index contributed by atoms with van der Waals surface area (Å²) in [6.07, 6.45) is 0.894. The minimum absolute atomic E-state index is 0.0701. The molecule has 0 radical (unpaired) electrons. The molecule has 1 amide bonds. The van der Waals surface area contributed by atoms with Gasteiger partial charge in [-0.15, -0.1) is 11.8 Å². The maximum atomic E-state index is 12.0. The summed E-state index contributed by atoms with van der Waals surface area (Å²) in [5.74, 6) is 0.547. The molecule has 1 aliphatic rings. The topological polar surface area (TPSA) is 66.7 Å². The molecular weight excluding hydrogens is 290 g/mol. The van der Waals surface area contributed by atoms with Gasteiger partial charge in [0.25, 0.3) is 5.69 Å². The van der Waals surface area contributed by atoms with Gasteiger partial charge in [0.1, 0.15) is 5.37 Å². The molecule has 1 heterocycles. The summed E-state index contributed by atoms with van der Waals surface area (Å²) in [4.78, 5) is 26.4. The molecule has 114 valence electrons. The van der Waals surface area contributed by atoms with Crippen molar-refractivity contribution < 1.29 is 9.72 Å². The lowest BCUT2D eigenvalue weighted by Crippen LogP contribution is -2.31. The minimum atomic E-state index is -0.401. The zero-order valence-electron chi connectivity index (χ0n) is 12.2. The molecule has 7 heteroatoms. The number of nitrogens with zero attached hydrogens (tertiary/aromatic N) is 3. The highest BCUT2D eigenvalue weighted by Crippen LogP contribution is 2.39. The number of hydrogen-bond acceptors (Lipinski definition) is 5. The molecule has 1 aromatic carbocycles. The van der Waals surface area contributed by atoms with Gasteiger partial charge in [-0.1, -0.05) is 12.1 Å². The van der Waals surface area contributed by atoms with E-state index in [1.807, 2.05) is 25.1 Å². The van der Waals surface area contributed by atoms with Crippen LogP contribution < -0.4 is 0 Å². The predicted octanol–water partition coefficient (Wildman–Crippen LogP) is 2.12. The highest BCUT2D eigenvalue weighted by molar-refractivity contribution is 8.00. The van der Waals surface area contributed by atoms with Crippen LogP contribution in [0.15, 0.2) is 24.3 Å². The molecule has 6 nitrogen and oxygen atoms in total. The van der Waals surface area contributed by atoms with Crippen LogP contribution in [0.4, 0.5) is 5.69 Å². The molecule has 0 unspecified atom stereocenters. The molecular formula is C14H19N3O3S. The molecule has 1 aromatic rings. The number of amides is 1. The lowest BCUT2D eigenvalue weighted by Gasteiger charge is -2.24. The lowest BCUT2D eigenvalue weighted by atomic mass is 10.2. The summed E-state index contributed by atoms with van der Waals surface area (Å²) in [6, 6.07) is 6.56. The number of rotatable bonds is 6. The van der Waals surface area contributed by atoms with Gasteiger partial charge in [-0.25, -0.2) is 0 Å². The molecule has 1 fully saturated rings. The standard InChI is InChI=1S/C14H19N3O3S/c1-15(2)7-4-8-16-13(18)10-21-14(16)11-5-3-6-12(9-11)17(19)20/h3,5-6,9,14H,4,7-8,10H2,1-2H3/t14-/m1/s1. The first kappa shape index (κ1) is 15.8. The SMILES string of the molecule is CN(C)CCCN1C(=O)CS[C@@H]1c1cccc([N+](=O)[O-])c1. The summed E-state index contributed by atoms with van der Waals surface area (Å²) in [5, 5.41) is 10.8. The van der Waals surface area contributed by atoms with E-state index in [4.69, 9.17) is 0 Å². The van der Waals surface area contributed by atoms with Gasteiger partial charge in [0.15, 0.2) is 0 Å². The Morgan fingerprint density at radius 3 is 2.90 bits per heavy atom. The molecule has 0 N–H and O–H groups in total. The van der Waals surface area contributed by atoms with E-state index >= 15 is 0 Å². The Bertz CT molecular complexity index is 536. The molecule has 0 spiro atoms. The Hall–Kier alpha value is -1.60. The Balaban J connectivity index is 2.11. The molecule has 1 saturated heterocycles. The first-order valence-corrected chi connectivity index (χ1v) is 7.84. The van der Waals surface area contributed by atoms with Crippen LogP contribution in [0.25, 0.3) is 0 Å². The van der Waals surface area contributed by atoms with Gasteiger partial charge < -0.3 is 9.80 Å². The summed E-state index contributed by atoms with van der Waals surface area (Å²) >= 11 is 1.53. The number of nitro benzene ring substituents is 1. The summed E-state index contributed by atoms with van der Waals surface area (Å²) in [6.45, 7) is 1.59. The average molecular weight is 309 g/mol. The molecule has 0 aliphatic carbocycles. The third-order valence-corrected chi connectivity index (χ3v) is 4.59. The average Bonchev–Trinajstić information content (AvgIpc) is 2.80. The van der Waals surface area contributed by atoms with E-state index in [0.29, 0.717) is 12.3 Å². The fourth-order valence-corrected chi connectivity index (χ4v) is 3.53. The number of non-ortho nitro benzene ring substituents is 1. The van der Waals surface area contributed by atoms with Gasteiger partial charge in [-0.3, -0.25) is 14.9 Å². The molecule has 2 rings (SSSR count). The van der Waals surface area contributed by atoms with Crippen LogP contribution >= 0.6 is 11.8 Å². The van der Waals surface area contributed by atoms with Crippen LogP contribution in [-0.4, -0.2) is 53.6 Å². The molecule has 0 bridgehead atoms. The van der Waals surface area contributed by atoms with Gasteiger partial charge in [-0.2, -0.15) is 0 Å². The summed E-state index contributed by atoms with van der Waals surface area (Å²) in [5.41, 5.74) is 0.894. The van der Waals surface area contributed by atoms with Gasteiger partial charge in [-0.05, 0) is 32.6 Å². The minimum Gasteiger partial charge on any atom is -0.326 e. The molecule has 1 aliphatic heterocycles. The van der Waals surface area contributed by atoms with Crippen LogP contribution in [0.2, 0.25) is 0 Å². The van der Waals surface area contributed by atoms with Crippen molar-refractivity contribution in [1.29, 1.82) is 0 Å². The first-order valence-electron chi connectivity index (χ1n) is 6.79. The number of carbonyl (C=O) groups is 1. The van der Waals surface area contributed by atoms with Crippen molar-refractivity contribution in [2.75, 3.05) is 32.9 Å². The number of hydrogen-bond donors (Lipinski definition) is 0. The highest BCUT2D eigenvalue weighted by Gasteiger charge is 2.32. The monoisotopic (exact) mass is 309 g/mol. The normalized spacial score (nSPS) is 18.5. The van der Waals surface area contributed by atoms with Gasteiger partial charge in [0.2, 0.25) is 5.91 Å². The van der Waals surface area contributed by atoms with Crippen LogP contribution in [0.1, 0.15) is 17.4 Å². The number of carbonyl (C=O) groups excluding carboxylic acids is 1. The second-order valence-electron chi connectivity index (χ2n) is 5.26. The van der Waals surface area contributed by atoms with E-state index in [1.165, 1.54) is 17.8 Å². The predicted molar refractivity (Wildman–Crippen MR) is 83.2 cm³/mol. The summed E-state index contributed by atoms with van der Waals surface area (Å²) in [7, 11) is 4.00. The van der Waals surface area contributed by atoms with Crippen LogP contribution in [0.3, 0.4) is 0 Å². The van der Waals surface area contributed by atoms with Crippen molar-refractivity contribution >= 4 is 23.4 Å². The van der Waals surface area contributed by atoms with Crippen molar-refractivity contribution in [2.45, 2.75) is 11.8 Å². The second kappa shape index (κ2) is 6.91. The van der Waals surface area contributed by atoms with Gasteiger partial charge in [0, 0.05) is 18.7 Å². The third-order valence-electron chi connectivity index (χ3n) is 3.34. The van der Waals surface area contributed by atoms with E-state index in [2.05, 4.69) is 4.90 Å². The van der Waals surface area contributed by atoms with Crippen molar-refractivity contribution in [3.05, 3.63) is 39.9 Å². The Morgan fingerprint density at radius 1 is 1.48 bits per heavy atom. The highest BCUT2D eigenvalue weighted by atomic mass is 32.2. The van der Waals surface area contributed by atoms with Crippen molar-refractivity contribution in [3.8, 4) is 0 Å². The zero-order chi connectivity index (χ0) is 15.4. The number of nitro groups is 1. The van der Waals surface area contributed by atoms with Crippen LogP contribution in [-0.2, 0) is 4.79 Å². The smallest absolute Gasteiger partial charge is 0.269 e. The lowest BCUT2D eigenvalue weighted by molar-refractivity contribution is -0.384. The van der Waals surface area contributed by atoms with E-state index in [-0.39, 0.29) is 17.0 Å². The molecule has 21 heavy (non-hydrogen) atoms. The number of thioether (sulfide) groups is 1. The maximum Gasteiger partial charge on any atom is 0.269 e. The quantitative estimate of drug-likeness (QED) is 0.595. The van der Waals surface area contributed by atoms with Crippen molar-refractivity contribution in [1.82, 2.24) is 9.80 Å². The van der Waals surface area contributed by atoms with Crippen molar-refractivity contribution in [3.63, 3.8) is 0 Å². The molecule has 0 aromatic heterocycles. The third kappa shape index (κ3) is 3.95. The Kier molecular flexibility index (Phi) is 5.19. The largest absolute Gasteiger partial charge is 0.326 e. The fourth-order valence-electron chi connectivity index (χ4n) is 2.32. The maximum absolute atomic E-state index is 12.0.